The first kappa shape index (κ1) is 21.1. The first-order valence-corrected chi connectivity index (χ1v) is 9.44. The first-order chi connectivity index (χ1) is 12.8. The molecule has 0 radical (unpaired) electrons. The smallest absolute Gasteiger partial charge is 0.130 e. The van der Waals surface area contributed by atoms with Crippen molar-refractivity contribution in [2.75, 3.05) is 13.6 Å². The first-order valence-electron chi connectivity index (χ1n) is 9.44. The van der Waals surface area contributed by atoms with Gasteiger partial charge in [-0.1, -0.05) is 50.2 Å². The van der Waals surface area contributed by atoms with Gasteiger partial charge in [-0.25, -0.2) is 8.78 Å². The second kappa shape index (κ2) is 9.10. The Morgan fingerprint density at radius 1 is 1.00 bits per heavy atom. The highest BCUT2D eigenvalue weighted by atomic mass is 19.1. The van der Waals surface area contributed by atoms with Crippen LogP contribution in [0.2, 0.25) is 0 Å². The molecule has 0 aliphatic carbocycles. The molecule has 0 saturated heterocycles. The maximum absolute atomic E-state index is 14.4. The van der Waals surface area contributed by atoms with Crippen molar-refractivity contribution in [1.29, 1.82) is 5.26 Å². The summed E-state index contributed by atoms with van der Waals surface area (Å²) in [6, 6.07) is 16.5. The second-order valence-corrected chi connectivity index (χ2v) is 7.51. The van der Waals surface area contributed by atoms with Crippen LogP contribution < -0.4 is 0 Å². The third-order valence-electron chi connectivity index (χ3n) is 5.62. The SMILES string of the molecule is CC(c1ccccc1)N(C)CCCC(C#N)(c1c(F)cccc1F)C(C)C. The maximum atomic E-state index is 14.4. The predicted molar refractivity (Wildman–Crippen MR) is 105 cm³/mol. The predicted octanol–water partition coefficient (Wildman–Crippen LogP) is 5.86. The summed E-state index contributed by atoms with van der Waals surface area (Å²) in [5.74, 6) is -1.49. The number of halogens is 2. The molecule has 27 heavy (non-hydrogen) atoms. The summed E-state index contributed by atoms with van der Waals surface area (Å²) in [5, 5.41) is 9.90. The van der Waals surface area contributed by atoms with Crippen LogP contribution in [0.25, 0.3) is 0 Å². The van der Waals surface area contributed by atoms with Crippen molar-refractivity contribution in [1.82, 2.24) is 4.90 Å². The van der Waals surface area contributed by atoms with Crippen molar-refractivity contribution in [3.63, 3.8) is 0 Å². The lowest BCUT2D eigenvalue weighted by Crippen LogP contribution is -2.34. The summed E-state index contributed by atoms with van der Waals surface area (Å²) < 4.78 is 28.9. The molecule has 2 nitrogen and oxygen atoms in total. The van der Waals surface area contributed by atoms with Crippen molar-refractivity contribution in [3.05, 3.63) is 71.3 Å². The molecule has 2 aromatic carbocycles. The van der Waals surface area contributed by atoms with Gasteiger partial charge in [-0.2, -0.15) is 5.26 Å². The number of rotatable bonds is 8. The largest absolute Gasteiger partial charge is 0.300 e. The van der Waals surface area contributed by atoms with Crippen LogP contribution in [0.15, 0.2) is 48.5 Å². The van der Waals surface area contributed by atoms with Crippen LogP contribution in [0, 0.1) is 28.9 Å². The van der Waals surface area contributed by atoms with E-state index >= 15 is 0 Å². The molecule has 2 rings (SSSR count). The van der Waals surface area contributed by atoms with E-state index in [1.165, 1.54) is 23.8 Å². The molecule has 0 N–H and O–H groups in total. The maximum Gasteiger partial charge on any atom is 0.130 e. The third-order valence-corrected chi connectivity index (χ3v) is 5.62. The lowest BCUT2D eigenvalue weighted by Gasteiger charge is -2.33. The molecule has 0 saturated carbocycles. The van der Waals surface area contributed by atoms with E-state index in [-0.39, 0.29) is 17.5 Å². The van der Waals surface area contributed by atoms with Gasteiger partial charge in [0.15, 0.2) is 0 Å². The fourth-order valence-corrected chi connectivity index (χ4v) is 3.65. The van der Waals surface area contributed by atoms with Crippen LogP contribution >= 0.6 is 0 Å². The molecule has 0 fully saturated rings. The molecule has 0 spiro atoms. The van der Waals surface area contributed by atoms with Gasteiger partial charge in [0, 0.05) is 11.6 Å². The van der Waals surface area contributed by atoms with Gasteiger partial charge < -0.3 is 0 Å². The summed E-state index contributed by atoms with van der Waals surface area (Å²) in [6.07, 6.45) is 1.08. The minimum absolute atomic E-state index is 0.0961. The van der Waals surface area contributed by atoms with E-state index in [0.717, 1.165) is 6.54 Å². The van der Waals surface area contributed by atoms with Gasteiger partial charge in [-0.15, -0.1) is 0 Å². The molecule has 0 heterocycles. The van der Waals surface area contributed by atoms with E-state index in [1.807, 2.05) is 39.1 Å². The number of nitriles is 1. The zero-order valence-electron chi connectivity index (χ0n) is 16.5. The van der Waals surface area contributed by atoms with E-state index in [1.54, 1.807) is 0 Å². The topological polar surface area (TPSA) is 27.0 Å². The lowest BCUT2D eigenvalue weighted by atomic mass is 9.69. The molecule has 2 aromatic rings. The van der Waals surface area contributed by atoms with E-state index in [2.05, 4.69) is 30.0 Å². The molecule has 2 atom stereocenters. The Labute approximate surface area is 161 Å². The van der Waals surface area contributed by atoms with Gasteiger partial charge in [0.1, 0.15) is 11.6 Å². The van der Waals surface area contributed by atoms with Crippen molar-refractivity contribution < 1.29 is 8.78 Å². The molecule has 2 unspecified atom stereocenters. The average molecular weight is 370 g/mol. The van der Waals surface area contributed by atoms with Crippen molar-refractivity contribution in [2.24, 2.45) is 5.92 Å². The minimum Gasteiger partial charge on any atom is -0.300 e. The third kappa shape index (κ3) is 4.54. The molecule has 0 aliphatic heterocycles. The minimum atomic E-state index is -1.17. The number of hydrogen-bond donors (Lipinski definition) is 0. The van der Waals surface area contributed by atoms with E-state index < -0.39 is 17.0 Å². The molecule has 0 aromatic heterocycles. The van der Waals surface area contributed by atoms with Crippen molar-refractivity contribution in [2.45, 2.75) is 45.1 Å². The fourth-order valence-electron chi connectivity index (χ4n) is 3.65. The summed E-state index contributed by atoms with van der Waals surface area (Å²) in [7, 11) is 2.03. The molecule has 4 heteroatoms. The number of benzene rings is 2. The molecule has 0 aliphatic rings. The van der Waals surface area contributed by atoms with Gasteiger partial charge >= 0.3 is 0 Å². The van der Waals surface area contributed by atoms with Gasteiger partial charge in [-0.05, 0) is 57.0 Å². The van der Waals surface area contributed by atoms with E-state index in [0.29, 0.717) is 12.8 Å². The summed E-state index contributed by atoms with van der Waals surface area (Å²) in [6.45, 7) is 6.57. The Morgan fingerprint density at radius 2 is 1.59 bits per heavy atom. The fraction of sp³-hybridized carbons (Fsp3) is 0.435. The van der Waals surface area contributed by atoms with Crippen LogP contribution in [-0.4, -0.2) is 18.5 Å². The standard InChI is InChI=1S/C23H28F2N2/c1-17(2)23(16-26,22-20(24)12-8-13-21(22)25)14-9-15-27(4)18(3)19-10-6-5-7-11-19/h5-8,10-13,17-18H,9,14-15H2,1-4H3. The Morgan fingerprint density at radius 3 is 2.11 bits per heavy atom. The lowest BCUT2D eigenvalue weighted by molar-refractivity contribution is 0.238. The second-order valence-electron chi connectivity index (χ2n) is 7.51. The van der Waals surface area contributed by atoms with Crippen molar-refractivity contribution >= 4 is 0 Å². The van der Waals surface area contributed by atoms with Crippen LogP contribution in [0.3, 0.4) is 0 Å². The molecule has 0 bridgehead atoms. The van der Waals surface area contributed by atoms with Gasteiger partial charge in [0.25, 0.3) is 0 Å². The van der Waals surface area contributed by atoms with Crippen molar-refractivity contribution in [3.8, 4) is 6.07 Å². The quantitative estimate of drug-likeness (QED) is 0.582. The highest BCUT2D eigenvalue weighted by Crippen LogP contribution is 2.39. The normalized spacial score (nSPS) is 14.8. The summed E-state index contributed by atoms with van der Waals surface area (Å²) in [5.41, 5.74) is -0.0523. The van der Waals surface area contributed by atoms with Crippen LogP contribution in [0.4, 0.5) is 8.78 Å². The molecule has 0 amide bonds. The van der Waals surface area contributed by atoms with Gasteiger partial charge in [0.2, 0.25) is 0 Å². The zero-order valence-corrected chi connectivity index (χ0v) is 16.5. The Kier molecular flexibility index (Phi) is 7.10. The Bertz CT molecular complexity index is 762. The number of nitrogens with zero attached hydrogens (tertiary/aromatic N) is 2. The summed E-state index contributed by atoms with van der Waals surface area (Å²) in [4.78, 5) is 2.20. The van der Waals surface area contributed by atoms with Crippen LogP contribution in [0.5, 0.6) is 0 Å². The van der Waals surface area contributed by atoms with Gasteiger partial charge in [0.05, 0.1) is 11.5 Å². The zero-order chi connectivity index (χ0) is 20.0. The van der Waals surface area contributed by atoms with Crippen LogP contribution in [0.1, 0.15) is 50.8 Å². The molecular weight excluding hydrogens is 342 g/mol. The van der Waals surface area contributed by atoms with E-state index in [9.17, 15) is 14.0 Å². The van der Waals surface area contributed by atoms with Crippen LogP contribution in [-0.2, 0) is 5.41 Å². The molecular formula is C23H28F2N2. The number of hydrogen-bond acceptors (Lipinski definition) is 2. The Hall–Kier alpha value is -2.25. The Balaban J connectivity index is 2.15. The summed E-state index contributed by atoms with van der Waals surface area (Å²) >= 11 is 0. The van der Waals surface area contributed by atoms with E-state index in [4.69, 9.17) is 0 Å². The average Bonchev–Trinajstić information content (AvgIpc) is 2.66. The molecule has 144 valence electrons. The highest BCUT2D eigenvalue weighted by Gasteiger charge is 2.40. The van der Waals surface area contributed by atoms with Gasteiger partial charge in [-0.3, -0.25) is 4.90 Å². The highest BCUT2D eigenvalue weighted by molar-refractivity contribution is 5.36. The monoisotopic (exact) mass is 370 g/mol.